The Balaban J connectivity index is 1.83. The van der Waals surface area contributed by atoms with Crippen LogP contribution in [0, 0.1) is 5.92 Å². The molecule has 0 saturated carbocycles. The molecule has 1 N–H and O–H groups in total. The molecule has 1 fully saturated rings. The molecule has 2 atom stereocenters. The highest BCUT2D eigenvalue weighted by molar-refractivity contribution is 9.09. The lowest BCUT2D eigenvalue weighted by Crippen LogP contribution is -2.10. The number of benzene rings is 1. The van der Waals surface area contributed by atoms with Crippen LogP contribution in [0.5, 0.6) is 0 Å². The maximum Gasteiger partial charge on any atom is 0.228 e. The highest BCUT2D eigenvalue weighted by atomic mass is 79.9. The van der Waals surface area contributed by atoms with Gasteiger partial charge >= 0.3 is 0 Å². The zero-order valence-electron chi connectivity index (χ0n) is 10.2. The van der Waals surface area contributed by atoms with Gasteiger partial charge in [0.1, 0.15) is 0 Å². The van der Waals surface area contributed by atoms with Crippen LogP contribution in [0.2, 0.25) is 0 Å². The van der Waals surface area contributed by atoms with Crippen molar-refractivity contribution in [2.75, 3.05) is 16.8 Å². The largest absolute Gasteiger partial charge is 0.326 e. The van der Waals surface area contributed by atoms with Crippen molar-refractivity contribution in [2.45, 2.75) is 17.7 Å². The molecule has 6 heteroatoms. The summed E-state index contributed by atoms with van der Waals surface area (Å²) < 4.78 is 23.1. The SMILES string of the molecule is O=C1Cc2cc(C(Br)C3CCS(=O)(=O)C3)ccc2N1. The molecule has 0 bridgehead atoms. The number of rotatable bonds is 2. The van der Waals surface area contributed by atoms with Gasteiger partial charge in [-0.05, 0) is 29.5 Å². The van der Waals surface area contributed by atoms with Crippen molar-refractivity contribution in [3.63, 3.8) is 0 Å². The topological polar surface area (TPSA) is 63.2 Å². The molecule has 0 radical (unpaired) electrons. The van der Waals surface area contributed by atoms with Crippen molar-refractivity contribution >= 4 is 37.4 Å². The van der Waals surface area contributed by atoms with Crippen molar-refractivity contribution in [2.24, 2.45) is 5.92 Å². The maximum atomic E-state index is 11.5. The molecule has 2 aliphatic heterocycles. The van der Waals surface area contributed by atoms with Gasteiger partial charge in [-0.2, -0.15) is 0 Å². The summed E-state index contributed by atoms with van der Waals surface area (Å²) in [6.45, 7) is 0. The van der Waals surface area contributed by atoms with Crippen molar-refractivity contribution in [1.82, 2.24) is 0 Å². The zero-order valence-corrected chi connectivity index (χ0v) is 12.6. The van der Waals surface area contributed by atoms with E-state index in [4.69, 9.17) is 0 Å². The Labute approximate surface area is 120 Å². The predicted molar refractivity (Wildman–Crippen MR) is 77.2 cm³/mol. The highest BCUT2D eigenvalue weighted by Crippen LogP contribution is 2.39. The smallest absolute Gasteiger partial charge is 0.228 e. The van der Waals surface area contributed by atoms with E-state index < -0.39 is 9.84 Å². The molecule has 1 aromatic carbocycles. The number of hydrogen-bond acceptors (Lipinski definition) is 3. The van der Waals surface area contributed by atoms with Crippen LogP contribution in [0.15, 0.2) is 18.2 Å². The minimum Gasteiger partial charge on any atom is -0.326 e. The van der Waals surface area contributed by atoms with Crippen LogP contribution in [0.3, 0.4) is 0 Å². The number of carbonyl (C=O) groups excluding carboxylic acids is 1. The number of amides is 1. The summed E-state index contributed by atoms with van der Waals surface area (Å²) in [5, 5.41) is 2.80. The molecular formula is C13H14BrNO3S. The Hall–Kier alpha value is -0.880. The van der Waals surface area contributed by atoms with Crippen molar-refractivity contribution in [1.29, 1.82) is 0 Å². The Morgan fingerprint density at radius 2 is 2.16 bits per heavy atom. The van der Waals surface area contributed by atoms with Crippen LogP contribution in [-0.4, -0.2) is 25.8 Å². The van der Waals surface area contributed by atoms with Crippen LogP contribution in [0.4, 0.5) is 5.69 Å². The minimum absolute atomic E-state index is 0.0155. The van der Waals surface area contributed by atoms with Gasteiger partial charge in [-0.3, -0.25) is 4.79 Å². The summed E-state index contributed by atoms with van der Waals surface area (Å²) in [7, 11) is -2.87. The van der Waals surface area contributed by atoms with Crippen LogP contribution in [0.25, 0.3) is 0 Å². The standard InChI is InChI=1S/C13H14BrNO3S/c14-13(9-3-4-19(17,18)7-9)8-1-2-11-10(5-8)6-12(16)15-11/h1-2,5,9,13H,3-4,6-7H2,(H,15,16). The number of fused-ring (bicyclic) bond motifs is 1. The fraction of sp³-hybridized carbons (Fsp3) is 0.462. The van der Waals surface area contributed by atoms with E-state index >= 15 is 0 Å². The van der Waals surface area contributed by atoms with Crippen molar-refractivity contribution in [3.8, 4) is 0 Å². The average molecular weight is 344 g/mol. The first kappa shape index (κ1) is 13.1. The number of sulfone groups is 1. The maximum absolute atomic E-state index is 11.5. The molecule has 2 heterocycles. The first-order valence-electron chi connectivity index (χ1n) is 6.22. The molecule has 1 amide bonds. The lowest BCUT2D eigenvalue weighted by atomic mass is 9.97. The summed E-state index contributed by atoms with van der Waals surface area (Å²) in [6, 6.07) is 5.85. The fourth-order valence-electron chi connectivity index (χ4n) is 2.75. The van der Waals surface area contributed by atoms with E-state index in [1.807, 2.05) is 18.2 Å². The van der Waals surface area contributed by atoms with Gasteiger partial charge in [-0.15, -0.1) is 0 Å². The number of halogens is 1. The van der Waals surface area contributed by atoms with E-state index in [-0.39, 0.29) is 28.2 Å². The Bertz CT molecular complexity index is 641. The molecule has 0 spiro atoms. The van der Waals surface area contributed by atoms with Crippen molar-refractivity contribution < 1.29 is 13.2 Å². The second kappa shape index (κ2) is 4.59. The Kier molecular flexibility index (Phi) is 3.17. The number of alkyl halides is 1. The quantitative estimate of drug-likeness (QED) is 0.836. The summed E-state index contributed by atoms with van der Waals surface area (Å²) in [5.41, 5.74) is 2.91. The third-order valence-electron chi connectivity index (χ3n) is 3.75. The number of nitrogens with one attached hydrogen (secondary N) is 1. The van der Waals surface area contributed by atoms with Crippen LogP contribution >= 0.6 is 15.9 Å². The van der Waals surface area contributed by atoms with E-state index in [0.717, 1.165) is 16.8 Å². The molecule has 1 saturated heterocycles. The van der Waals surface area contributed by atoms with E-state index in [2.05, 4.69) is 21.2 Å². The van der Waals surface area contributed by atoms with Gasteiger partial charge in [-0.25, -0.2) is 8.42 Å². The second-order valence-corrected chi connectivity index (χ2v) is 8.42. The molecule has 1 aromatic rings. The van der Waals surface area contributed by atoms with Gasteiger partial charge in [0.25, 0.3) is 0 Å². The molecule has 3 rings (SSSR count). The predicted octanol–water partition coefficient (Wildman–Crippen LogP) is 2.05. The van der Waals surface area contributed by atoms with Gasteiger partial charge in [0.15, 0.2) is 9.84 Å². The summed E-state index contributed by atoms with van der Waals surface area (Å²) >= 11 is 3.62. The summed E-state index contributed by atoms with van der Waals surface area (Å²) in [6.07, 6.45) is 1.11. The molecule has 0 aliphatic carbocycles. The summed E-state index contributed by atoms with van der Waals surface area (Å²) in [5.74, 6) is 0.664. The average Bonchev–Trinajstić information content (AvgIpc) is 2.88. The third kappa shape index (κ3) is 2.56. The lowest BCUT2D eigenvalue weighted by molar-refractivity contribution is -0.115. The number of carbonyl (C=O) groups is 1. The van der Waals surface area contributed by atoms with Gasteiger partial charge in [0.05, 0.1) is 17.9 Å². The van der Waals surface area contributed by atoms with E-state index in [9.17, 15) is 13.2 Å². The molecule has 4 nitrogen and oxygen atoms in total. The molecule has 102 valence electrons. The fourth-order valence-corrected chi connectivity index (χ4v) is 5.57. The van der Waals surface area contributed by atoms with Crippen molar-refractivity contribution in [3.05, 3.63) is 29.3 Å². The normalized spacial score (nSPS) is 25.9. The monoisotopic (exact) mass is 343 g/mol. The summed E-state index contributed by atoms with van der Waals surface area (Å²) in [4.78, 5) is 11.4. The van der Waals surface area contributed by atoms with Gasteiger partial charge < -0.3 is 5.32 Å². The zero-order chi connectivity index (χ0) is 13.6. The minimum atomic E-state index is -2.87. The number of anilines is 1. The second-order valence-electron chi connectivity index (χ2n) is 5.21. The van der Waals surface area contributed by atoms with Crippen LogP contribution in [0.1, 0.15) is 22.4 Å². The highest BCUT2D eigenvalue weighted by Gasteiger charge is 2.33. The van der Waals surface area contributed by atoms with E-state index in [1.54, 1.807) is 0 Å². The first-order chi connectivity index (χ1) is 8.94. The third-order valence-corrected chi connectivity index (χ3v) is 6.82. The first-order valence-corrected chi connectivity index (χ1v) is 8.95. The van der Waals surface area contributed by atoms with Crippen LogP contribution in [-0.2, 0) is 21.1 Å². The van der Waals surface area contributed by atoms with E-state index in [1.165, 1.54) is 0 Å². The molecule has 2 unspecified atom stereocenters. The lowest BCUT2D eigenvalue weighted by Gasteiger charge is -2.17. The van der Waals surface area contributed by atoms with Crippen LogP contribution < -0.4 is 5.32 Å². The number of hydrogen-bond donors (Lipinski definition) is 1. The Morgan fingerprint density at radius 3 is 2.84 bits per heavy atom. The van der Waals surface area contributed by atoms with Gasteiger partial charge in [0.2, 0.25) is 5.91 Å². The molecule has 2 aliphatic rings. The molecular weight excluding hydrogens is 330 g/mol. The Morgan fingerprint density at radius 1 is 1.37 bits per heavy atom. The van der Waals surface area contributed by atoms with Gasteiger partial charge in [0, 0.05) is 10.5 Å². The van der Waals surface area contributed by atoms with Gasteiger partial charge in [-0.1, -0.05) is 28.1 Å². The van der Waals surface area contributed by atoms with E-state index in [0.29, 0.717) is 12.8 Å². The molecule has 0 aromatic heterocycles. The molecule has 19 heavy (non-hydrogen) atoms.